The first-order valence-corrected chi connectivity index (χ1v) is 6.58. The molecule has 15 heavy (non-hydrogen) atoms. The second-order valence-electron chi connectivity index (χ2n) is 3.43. The normalized spacial score (nSPS) is 14.7. The molecule has 0 aliphatic heterocycles. The second-order valence-corrected chi connectivity index (χ2v) is 4.34. The van der Waals surface area contributed by atoms with Gasteiger partial charge in [-0.1, -0.05) is 6.92 Å². The van der Waals surface area contributed by atoms with Gasteiger partial charge < -0.3 is 15.8 Å². The predicted molar refractivity (Wildman–Crippen MR) is 65.1 cm³/mol. The van der Waals surface area contributed by atoms with Crippen molar-refractivity contribution in [3.63, 3.8) is 0 Å². The molecule has 0 heterocycles. The van der Waals surface area contributed by atoms with E-state index in [1.165, 1.54) is 0 Å². The van der Waals surface area contributed by atoms with E-state index in [4.69, 9.17) is 10.5 Å². The Morgan fingerprint density at radius 2 is 2.27 bits per heavy atom. The van der Waals surface area contributed by atoms with Crippen LogP contribution in [-0.2, 0) is 9.53 Å². The fourth-order valence-electron chi connectivity index (χ4n) is 1.22. The number of amides is 1. The van der Waals surface area contributed by atoms with Crippen LogP contribution in [0.3, 0.4) is 0 Å². The number of nitrogens with two attached hydrogens (primary N) is 1. The van der Waals surface area contributed by atoms with Gasteiger partial charge in [-0.15, -0.1) is 0 Å². The summed E-state index contributed by atoms with van der Waals surface area (Å²) in [6, 6.07) is 0.253. The molecule has 3 N–H and O–H groups in total. The van der Waals surface area contributed by atoms with Crippen molar-refractivity contribution < 1.29 is 9.53 Å². The highest BCUT2D eigenvalue weighted by atomic mass is 32.2. The fraction of sp³-hybridized carbons (Fsp3) is 0.900. The second kappa shape index (κ2) is 9.00. The van der Waals surface area contributed by atoms with Gasteiger partial charge in [0.25, 0.3) is 0 Å². The fourth-order valence-corrected chi connectivity index (χ4v) is 1.94. The minimum Gasteiger partial charge on any atom is -0.380 e. The SMILES string of the molecule is CCC(CSC)NC(=O)CC(CN)OC. The Labute approximate surface area is 96.3 Å². The summed E-state index contributed by atoms with van der Waals surface area (Å²) < 4.78 is 5.05. The van der Waals surface area contributed by atoms with Crippen LogP contribution in [0.2, 0.25) is 0 Å². The maximum Gasteiger partial charge on any atom is 0.222 e. The molecule has 5 heteroatoms. The molecular formula is C10H22N2O2S. The van der Waals surface area contributed by atoms with Gasteiger partial charge >= 0.3 is 0 Å². The van der Waals surface area contributed by atoms with Crippen LogP contribution < -0.4 is 11.1 Å². The Kier molecular flexibility index (Phi) is 8.85. The molecule has 2 atom stereocenters. The minimum atomic E-state index is -0.170. The Bertz CT molecular complexity index is 175. The van der Waals surface area contributed by atoms with Gasteiger partial charge in [-0.2, -0.15) is 11.8 Å². The van der Waals surface area contributed by atoms with Crippen LogP contribution in [0.5, 0.6) is 0 Å². The topological polar surface area (TPSA) is 64.4 Å². The van der Waals surface area contributed by atoms with Gasteiger partial charge in [0.05, 0.1) is 12.5 Å². The first-order valence-electron chi connectivity index (χ1n) is 5.19. The lowest BCUT2D eigenvalue weighted by molar-refractivity contribution is -0.123. The molecule has 0 aromatic heterocycles. The standard InChI is InChI=1S/C10H22N2O2S/c1-4-8(7-15-3)12-10(13)5-9(6-11)14-2/h8-9H,4-7,11H2,1-3H3,(H,12,13). The summed E-state index contributed by atoms with van der Waals surface area (Å²) in [4.78, 5) is 11.6. The van der Waals surface area contributed by atoms with E-state index >= 15 is 0 Å². The average Bonchev–Trinajstić information content (AvgIpc) is 2.25. The maximum absolute atomic E-state index is 11.6. The van der Waals surface area contributed by atoms with Crippen LogP contribution >= 0.6 is 11.8 Å². The van der Waals surface area contributed by atoms with Crippen LogP contribution in [0.15, 0.2) is 0 Å². The van der Waals surface area contributed by atoms with Gasteiger partial charge in [-0.3, -0.25) is 4.79 Å². The van der Waals surface area contributed by atoms with Gasteiger partial charge in [0.15, 0.2) is 0 Å². The lowest BCUT2D eigenvalue weighted by Crippen LogP contribution is -2.39. The smallest absolute Gasteiger partial charge is 0.222 e. The Morgan fingerprint density at radius 3 is 2.67 bits per heavy atom. The summed E-state index contributed by atoms with van der Waals surface area (Å²) in [5.74, 6) is 0.968. The molecule has 0 aliphatic rings. The average molecular weight is 234 g/mol. The van der Waals surface area contributed by atoms with E-state index < -0.39 is 0 Å². The summed E-state index contributed by atoms with van der Waals surface area (Å²) in [5, 5.41) is 2.97. The van der Waals surface area contributed by atoms with Gasteiger partial charge in [0.1, 0.15) is 0 Å². The third-order valence-electron chi connectivity index (χ3n) is 2.24. The van der Waals surface area contributed by atoms with Crippen LogP contribution in [0, 0.1) is 0 Å². The third kappa shape index (κ3) is 6.76. The first-order chi connectivity index (χ1) is 7.17. The highest BCUT2D eigenvalue weighted by Gasteiger charge is 2.14. The van der Waals surface area contributed by atoms with E-state index in [9.17, 15) is 4.79 Å². The summed E-state index contributed by atoms with van der Waals surface area (Å²) in [6.45, 7) is 2.45. The molecule has 90 valence electrons. The van der Waals surface area contributed by atoms with E-state index in [2.05, 4.69) is 12.2 Å². The number of nitrogens with one attached hydrogen (secondary N) is 1. The molecule has 0 bridgehead atoms. The molecule has 0 fully saturated rings. The van der Waals surface area contributed by atoms with Crippen molar-refractivity contribution in [3.05, 3.63) is 0 Å². The van der Waals surface area contributed by atoms with Gasteiger partial charge in [0, 0.05) is 25.4 Å². The van der Waals surface area contributed by atoms with E-state index in [0.29, 0.717) is 13.0 Å². The van der Waals surface area contributed by atoms with Crippen molar-refractivity contribution in [2.45, 2.75) is 31.9 Å². The van der Waals surface area contributed by atoms with Crippen molar-refractivity contribution in [2.75, 3.05) is 25.7 Å². The Morgan fingerprint density at radius 1 is 1.60 bits per heavy atom. The van der Waals surface area contributed by atoms with Crippen molar-refractivity contribution in [1.82, 2.24) is 5.32 Å². The molecule has 0 aliphatic carbocycles. The van der Waals surface area contributed by atoms with E-state index in [-0.39, 0.29) is 18.1 Å². The van der Waals surface area contributed by atoms with Gasteiger partial charge in [0.2, 0.25) is 5.91 Å². The molecule has 0 aromatic rings. The summed E-state index contributed by atoms with van der Waals surface area (Å²) in [5.41, 5.74) is 5.44. The van der Waals surface area contributed by atoms with Crippen LogP contribution in [-0.4, -0.2) is 43.7 Å². The highest BCUT2D eigenvalue weighted by molar-refractivity contribution is 7.98. The quantitative estimate of drug-likeness (QED) is 0.646. The van der Waals surface area contributed by atoms with E-state index in [1.54, 1.807) is 18.9 Å². The zero-order chi connectivity index (χ0) is 11.7. The van der Waals surface area contributed by atoms with Crippen molar-refractivity contribution in [1.29, 1.82) is 0 Å². The molecule has 0 rings (SSSR count). The number of ether oxygens (including phenoxy) is 1. The third-order valence-corrected chi connectivity index (χ3v) is 2.97. The van der Waals surface area contributed by atoms with E-state index in [0.717, 1.165) is 12.2 Å². The summed E-state index contributed by atoms with van der Waals surface area (Å²) >= 11 is 1.74. The molecule has 0 saturated carbocycles. The monoisotopic (exact) mass is 234 g/mol. The molecule has 1 amide bonds. The van der Waals surface area contributed by atoms with Crippen molar-refractivity contribution in [2.24, 2.45) is 5.73 Å². The zero-order valence-electron chi connectivity index (χ0n) is 9.79. The van der Waals surface area contributed by atoms with Gasteiger partial charge in [-0.25, -0.2) is 0 Å². The number of hydrogen-bond acceptors (Lipinski definition) is 4. The van der Waals surface area contributed by atoms with E-state index in [1.807, 2.05) is 6.26 Å². The Balaban J connectivity index is 3.88. The number of thioether (sulfide) groups is 1. The molecular weight excluding hydrogens is 212 g/mol. The molecule has 0 radical (unpaired) electrons. The highest BCUT2D eigenvalue weighted by Crippen LogP contribution is 2.02. The predicted octanol–water partition coefficient (Wildman–Crippen LogP) is 0.608. The summed E-state index contributed by atoms with van der Waals surface area (Å²) in [7, 11) is 1.57. The lowest BCUT2D eigenvalue weighted by Gasteiger charge is -2.18. The zero-order valence-corrected chi connectivity index (χ0v) is 10.6. The number of rotatable bonds is 8. The number of carbonyl (C=O) groups is 1. The lowest BCUT2D eigenvalue weighted by atomic mass is 10.2. The molecule has 4 nitrogen and oxygen atoms in total. The first kappa shape index (κ1) is 14.7. The number of hydrogen-bond donors (Lipinski definition) is 2. The molecule has 0 aromatic carbocycles. The van der Waals surface area contributed by atoms with Crippen LogP contribution in [0.1, 0.15) is 19.8 Å². The van der Waals surface area contributed by atoms with Crippen LogP contribution in [0.25, 0.3) is 0 Å². The van der Waals surface area contributed by atoms with Gasteiger partial charge in [-0.05, 0) is 12.7 Å². The molecule has 2 unspecified atom stereocenters. The number of carbonyl (C=O) groups excluding carboxylic acids is 1. The number of methoxy groups -OCH3 is 1. The van der Waals surface area contributed by atoms with Crippen LogP contribution in [0.4, 0.5) is 0 Å². The summed E-state index contributed by atoms with van der Waals surface area (Å²) in [6.07, 6.45) is 3.16. The maximum atomic E-state index is 11.6. The largest absolute Gasteiger partial charge is 0.380 e. The minimum absolute atomic E-state index is 0.0215. The Hall–Kier alpha value is -0.260. The van der Waals surface area contributed by atoms with Crippen molar-refractivity contribution in [3.8, 4) is 0 Å². The molecule has 0 spiro atoms. The van der Waals surface area contributed by atoms with Crippen molar-refractivity contribution >= 4 is 17.7 Å². The molecule has 0 saturated heterocycles.